The SMILES string of the molecule is COc1cccc(N2CCN(C(C(=O)Nc3cc(C)ccc3C)c3ccccc3)CC2)c1. The molecule has 5 nitrogen and oxygen atoms in total. The van der Waals surface area contributed by atoms with Gasteiger partial charge < -0.3 is 15.0 Å². The fourth-order valence-electron chi connectivity index (χ4n) is 4.28. The van der Waals surface area contributed by atoms with Crippen LogP contribution in [0.25, 0.3) is 0 Å². The van der Waals surface area contributed by atoms with Crippen LogP contribution in [-0.2, 0) is 4.79 Å². The molecule has 1 amide bonds. The molecule has 1 unspecified atom stereocenters. The molecule has 0 spiro atoms. The first-order valence-corrected chi connectivity index (χ1v) is 11.1. The second-order valence-electron chi connectivity index (χ2n) is 8.35. The van der Waals surface area contributed by atoms with Gasteiger partial charge in [0.25, 0.3) is 0 Å². The monoisotopic (exact) mass is 429 g/mol. The van der Waals surface area contributed by atoms with Crippen LogP contribution in [0.5, 0.6) is 5.75 Å². The van der Waals surface area contributed by atoms with Gasteiger partial charge in [0.15, 0.2) is 0 Å². The molecule has 3 aromatic rings. The quantitative estimate of drug-likeness (QED) is 0.611. The highest BCUT2D eigenvalue weighted by Crippen LogP contribution is 2.28. The highest BCUT2D eigenvalue weighted by molar-refractivity contribution is 5.96. The number of ether oxygens (including phenoxy) is 1. The van der Waals surface area contributed by atoms with Crippen LogP contribution in [0.4, 0.5) is 11.4 Å². The zero-order chi connectivity index (χ0) is 22.5. The van der Waals surface area contributed by atoms with Gasteiger partial charge >= 0.3 is 0 Å². The van der Waals surface area contributed by atoms with Crippen molar-refractivity contribution in [3.8, 4) is 5.75 Å². The number of hydrogen-bond donors (Lipinski definition) is 1. The first-order chi connectivity index (χ1) is 15.5. The van der Waals surface area contributed by atoms with Gasteiger partial charge in [-0.25, -0.2) is 0 Å². The highest BCUT2D eigenvalue weighted by atomic mass is 16.5. The van der Waals surface area contributed by atoms with Crippen LogP contribution in [0, 0.1) is 13.8 Å². The van der Waals surface area contributed by atoms with Crippen LogP contribution < -0.4 is 15.0 Å². The summed E-state index contributed by atoms with van der Waals surface area (Å²) < 4.78 is 5.38. The first-order valence-electron chi connectivity index (χ1n) is 11.1. The maximum atomic E-state index is 13.5. The lowest BCUT2D eigenvalue weighted by Crippen LogP contribution is -2.50. The summed E-state index contributed by atoms with van der Waals surface area (Å²) in [5.74, 6) is 0.875. The molecule has 166 valence electrons. The molecular weight excluding hydrogens is 398 g/mol. The Hall–Kier alpha value is -3.31. The number of anilines is 2. The summed E-state index contributed by atoms with van der Waals surface area (Å²) in [6.07, 6.45) is 0. The molecule has 0 radical (unpaired) electrons. The Morgan fingerprint density at radius 1 is 0.906 bits per heavy atom. The molecule has 1 saturated heterocycles. The van der Waals surface area contributed by atoms with Gasteiger partial charge in [0.1, 0.15) is 11.8 Å². The fraction of sp³-hybridized carbons (Fsp3) is 0.296. The third kappa shape index (κ3) is 4.94. The van der Waals surface area contributed by atoms with Gasteiger partial charge in [-0.1, -0.05) is 48.5 Å². The van der Waals surface area contributed by atoms with Crippen molar-refractivity contribution in [3.05, 3.63) is 89.5 Å². The summed E-state index contributed by atoms with van der Waals surface area (Å²) in [4.78, 5) is 18.2. The molecular formula is C27H31N3O2. The molecule has 1 aliphatic heterocycles. The topological polar surface area (TPSA) is 44.8 Å². The van der Waals surface area contributed by atoms with Crippen molar-refractivity contribution in [2.75, 3.05) is 43.5 Å². The number of carbonyl (C=O) groups is 1. The van der Waals surface area contributed by atoms with Crippen molar-refractivity contribution in [2.45, 2.75) is 19.9 Å². The standard InChI is InChI=1S/C27H31N3O2/c1-20-12-13-21(2)25(18-20)28-27(31)26(22-8-5-4-6-9-22)30-16-14-29(15-17-30)23-10-7-11-24(19-23)32-3/h4-13,18-19,26H,14-17H2,1-3H3,(H,28,31). The van der Waals surface area contributed by atoms with E-state index in [1.807, 2.05) is 62.4 Å². The number of nitrogens with one attached hydrogen (secondary N) is 1. The molecule has 4 rings (SSSR count). The average molecular weight is 430 g/mol. The Morgan fingerprint density at radius 3 is 2.38 bits per heavy atom. The molecule has 0 aromatic heterocycles. The van der Waals surface area contributed by atoms with E-state index < -0.39 is 0 Å². The van der Waals surface area contributed by atoms with Gasteiger partial charge in [-0.05, 0) is 48.7 Å². The van der Waals surface area contributed by atoms with E-state index in [-0.39, 0.29) is 11.9 Å². The fourth-order valence-corrected chi connectivity index (χ4v) is 4.28. The van der Waals surface area contributed by atoms with Crippen LogP contribution >= 0.6 is 0 Å². The normalized spacial score (nSPS) is 15.3. The van der Waals surface area contributed by atoms with E-state index in [1.54, 1.807) is 7.11 Å². The maximum Gasteiger partial charge on any atom is 0.246 e. The minimum Gasteiger partial charge on any atom is -0.497 e. The number of carbonyl (C=O) groups excluding carboxylic acids is 1. The summed E-state index contributed by atoms with van der Waals surface area (Å²) in [5, 5.41) is 3.19. The molecule has 1 fully saturated rings. The molecule has 3 aromatic carbocycles. The van der Waals surface area contributed by atoms with E-state index in [9.17, 15) is 4.79 Å². The third-order valence-corrected chi connectivity index (χ3v) is 6.11. The van der Waals surface area contributed by atoms with E-state index in [0.29, 0.717) is 0 Å². The summed E-state index contributed by atoms with van der Waals surface area (Å²) in [6.45, 7) is 7.38. The smallest absolute Gasteiger partial charge is 0.246 e. The number of aryl methyl sites for hydroxylation is 2. The lowest BCUT2D eigenvalue weighted by molar-refractivity contribution is -0.121. The van der Waals surface area contributed by atoms with E-state index in [0.717, 1.165) is 60.0 Å². The molecule has 0 aliphatic carbocycles. The molecule has 5 heteroatoms. The van der Waals surface area contributed by atoms with Crippen LogP contribution in [0.2, 0.25) is 0 Å². The van der Waals surface area contributed by atoms with Crippen LogP contribution in [0.3, 0.4) is 0 Å². The first kappa shape index (κ1) is 21.9. The number of rotatable bonds is 6. The van der Waals surface area contributed by atoms with Crippen LogP contribution in [0.15, 0.2) is 72.8 Å². The Morgan fingerprint density at radius 2 is 1.66 bits per heavy atom. The largest absolute Gasteiger partial charge is 0.497 e. The molecule has 0 saturated carbocycles. The summed E-state index contributed by atoms with van der Waals surface area (Å²) in [7, 11) is 1.69. The predicted octanol–water partition coefficient (Wildman–Crippen LogP) is 4.81. The Balaban J connectivity index is 1.53. The Bertz CT molecular complexity index is 1060. The molecule has 1 aliphatic rings. The maximum absolute atomic E-state index is 13.5. The predicted molar refractivity (Wildman–Crippen MR) is 131 cm³/mol. The Kier molecular flexibility index (Phi) is 6.76. The lowest BCUT2D eigenvalue weighted by Gasteiger charge is -2.40. The van der Waals surface area contributed by atoms with Crippen molar-refractivity contribution in [3.63, 3.8) is 0 Å². The van der Waals surface area contributed by atoms with Crippen molar-refractivity contribution in [2.24, 2.45) is 0 Å². The number of benzene rings is 3. The zero-order valence-corrected chi connectivity index (χ0v) is 19.0. The van der Waals surface area contributed by atoms with Crippen molar-refractivity contribution >= 4 is 17.3 Å². The van der Waals surface area contributed by atoms with Gasteiger partial charge in [0.05, 0.1) is 7.11 Å². The third-order valence-electron chi connectivity index (χ3n) is 6.11. The minimum atomic E-state index is -0.330. The zero-order valence-electron chi connectivity index (χ0n) is 19.0. The number of amides is 1. The summed E-state index contributed by atoms with van der Waals surface area (Å²) in [6, 6.07) is 24.1. The molecule has 32 heavy (non-hydrogen) atoms. The summed E-state index contributed by atoms with van der Waals surface area (Å²) >= 11 is 0. The average Bonchev–Trinajstić information content (AvgIpc) is 2.83. The van der Waals surface area contributed by atoms with Crippen molar-refractivity contribution in [1.82, 2.24) is 4.90 Å². The van der Waals surface area contributed by atoms with Gasteiger partial charge in [-0.2, -0.15) is 0 Å². The number of methoxy groups -OCH3 is 1. The van der Waals surface area contributed by atoms with Crippen LogP contribution in [-0.4, -0.2) is 44.1 Å². The second-order valence-corrected chi connectivity index (χ2v) is 8.35. The molecule has 1 heterocycles. The van der Waals surface area contributed by atoms with E-state index in [4.69, 9.17) is 4.74 Å². The van der Waals surface area contributed by atoms with Gasteiger partial charge in [0, 0.05) is 43.6 Å². The minimum absolute atomic E-state index is 0.0136. The van der Waals surface area contributed by atoms with Gasteiger partial charge in [-0.3, -0.25) is 9.69 Å². The van der Waals surface area contributed by atoms with Crippen LogP contribution in [0.1, 0.15) is 22.7 Å². The molecule has 1 atom stereocenters. The van der Waals surface area contributed by atoms with Crippen molar-refractivity contribution in [1.29, 1.82) is 0 Å². The van der Waals surface area contributed by atoms with E-state index in [2.05, 4.69) is 39.4 Å². The van der Waals surface area contributed by atoms with E-state index in [1.165, 1.54) is 0 Å². The number of piperazine rings is 1. The number of nitrogens with zero attached hydrogens (tertiary/aromatic N) is 2. The molecule has 0 bridgehead atoms. The van der Waals surface area contributed by atoms with E-state index >= 15 is 0 Å². The van der Waals surface area contributed by atoms with Gasteiger partial charge in [-0.15, -0.1) is 0 Å². The Labute approximate surface area is 190 Å². The van der Waals surface area contributed by atoms with Gasteiger partial charge in [0.2, 0.25) is 5.91 Å². The highest BCUT2D eigenvalue weighted by Gasteiger charge is 2.31. The molecule has 1 N–H and O–H groups in total. The summed E-state index contributed by atoms with van der Waals surface area (Å²) in [5.41, 5.74) is 5.25. The second kappa shape index (κ2) is 9.88. The van der Waals surface area contributed by atoms with Crippen molar-refractivity contribution < 1.29 is 9.53 Å². The lowest BCUT2D eigenvalue weighted by atomic mass is 10.0. The number of hydrogen-bond acceptors (Lipinski definition) is 4.